The Hall–Kier alpha value is -4.92. The first-order chi connectivity index (χ1) is 19.6. The summed E-state index contributed by atoms with van der Waals surface area (Å²) in [5.74, 6) is 1.32. The average Bonchev–Trinajstić information content (AvgIpc) is 2.99. The van der Waals surface area contributed by atoms with Crippen molar-refractivity contribution in [3.63, 3.8) is 0 Å². The molecule has 0 unspecified atom stereocenters. The molecule has 0 saturated heterocycles. The van der Waals surface area contributed by atoms with Crippen LogP contribution < -0.4 is 10.6 Å². The van der Waals surface area contributed by atoms with Crippen molar-refractivity contribution < 1.29 is 10.2 Å². The average molecular weight is 529 g/mol. The third-order valence-corrected chi connectivity index (χ3v) is 7.14. The van der Waals surface area contributed by atoms with E-state index >= 15 is 0 Å². The number of nitrogens with one attached hydrogen (secondary N) is 2. The van der Waals surface area contributed by atoms with Crippen molar-refractivity contribution in [2.45, 2.75) is 27.1 Å². The van der Waals surface area contributed by atoms with Gasteiger partial charge in [0.25, 0.3) is 0 Å². The minimum atomic E-state index is -0.0554. The van der Waals surface area contributed by atoms with Crippen LogP contribution >= 0.6 is 0 Å². The van der Waals surface area contributed by atoms with E-state index in [4.69, 9.17) is 0 Å². The first-order valence-electron chi connectivity index (χ1n) is 13.0. The van der Waals surface area contributed by atoms with Crippen molar-refractivity contribution in [3.05, 3.63) is 108 Å². The van der Waals surface area contributed by atoms with E-state index in [9.17, 15) is 10.2 Å². The van der Waals surface area contributed by atoms with Gasteiger partial charge in [-0.2, -0.15) is 0 Å². The summed E-state index contributed by atoms with van der Waals surface area (Å²) < 4.78 is 0. The number of anilines is 4. The van der Waals surface area contributed by atoms with Gasteiger partial charge in [-0.25, -0.2) is 9.97 Å². The Balaban J connectivity index is 1.35. The van der Waals surface area contributed by atoms with Crippen LogP contribution in [0.3, 0.4) is 0 Å². The monoisotopic (exact) mass is 528 g/mol. The molecule has 4 N–H and O–H groups in total. The zero-order valence-corrected chi connectivity index (χ0v) is 22.2. The lowest BCUT2D eigenvalue weighted by Gasteiger charge is -2.18. The summed E-state index contributed by atoms with van der Waals surface area (Å²) in [6.07, 6.45) is 6.83. The Kier molecular flexibility index (Phi) is 6.77. The third kappa shape index (κ3) is 4.70. The van der Waals surface area contributed by atoms with Crippen LogP contribution in [0.15, 0.2) is 85.5 Å². The molecule has 8 heteroatoms. The Labute approximate surface area is 231 Å². The summed E-state index contributed by atoms with van der Waals surface area (Å²) >= 11 is 0. The lowest BCUT2D eigenvalue weighted by molar-refractivity contribution is 0.281. The molecule has 0 aliphatic heterocycles. The second kappa shape index (κ2) is 10.7. The molecule has 0 bridgehead atoms. The van der Waals surface area contributed by atoms with Crippen molar-refractivity contribution in [1.82, 2.24) is 19.9 Å². The van der Waals surface area contributed by atoms with Gasteiger partial charge in [-0.3, -0.25) is 9.97 Å². The van der Waals surface area contributed by atoms with Crippen molar-refractivity contribution >= 4 is 44.8 Å². The topological polar surface area (TPSA) is 116 Å². The minimum Gasteiger partial charge on any atom is -0.392 e. The van der Waals surface area contributed by atoms with Crippen LogP contribution in [0.2, 0.25) is 0 Å². The van der Waals surface area contributed by atoms with E-state index in [1.54, 1.807) is 24.8 Å². The molecule has 6 rings (SSSR count). The van der Waals surface area contributed by atoms with Gasteiger partial charge in [0.05, 0.1) is 13.2 Å². The van der Waals surface area contributed by atoms with Crippen LogP contribution in [0.4, 0.5) is 23.0 Å². The van der Waals surface area contributed by atoms with Crippen molar-refractivity contribution in [3.8, 4) is 11.1 Å². The fourth-order valence-electron chi connectivity index (χ4n) is 4.95. The van der Waals surface area contributed by atoms with Crippen LogP contribution in [0.25, 0.3) is 32.9 Å². The van der Waals surface area contributed by atoms with E-state index in [1.165, 1.54) is 0 Å². The molecule has 0 amide bonds. The number of benzene rings is 2. The molecule has 0 radical (unpaired) electrons. The highest BCUT2D eigenvalue weighted by atomic mass is 16.3. The van der Waals surface area contributed by atoms with E-state index < -0.39 is 0 Å². The summed E-state index contributed by atoms with van der Waals surface area (Å²) in [7, 11) is 0. The maximum absolute atomic E-state index is 9.48. The fourth-order valence-corrected chi connectivity index (χ4v) is 4.95. The number of pyridine rings is 4. The van der Waals surface area contributed by atoms with Crippen LogP contribution in [0.5, 0.6) is 0 Å². The van der Waals surface area contributed by atoms with Gasteiger partial charge >= 0.3 is 0 Å². The van der Waals surface area contributed by atoms with E-state index in [1.807, 2.05) is 48.5 Å². The maximum atomic E-state index is 9.48. The van der Waals surface area contributed by atoms with E-state index in [-0.39, 0.29) is 13.2 Å². The van der Waals surface area contributed by atoms with Gasteiger partial charge in [0.15, 0.2) is 11.6 Å². The second-order valence-corrected chi connectivity index (χ2v) is 9.67. The molecule has 2 aromatic carbocycles. The van der Waals surface area contributed by atoms with Crippen LogP contribution in [-0.4, -0.2) is 30.1 Å². The van der Waals surface area contributed by atoms with Gasteiger partial charge in [0.2, 0.25) is 0 Å². The Morgan fingerprint density at radius 2 is 1.05 bits per heavy atom. The van der Waals surface area contributed by atoms with Gasteiger partial charge < -0.3 is 20.8 Å². The molecular weight excluding hydrogens is 500 g/mol. The number of hydrogen-bond acceptors (Lipinski definition) is 8. The molecule has 0 aliphatic carbocycles. The molecule has 0 atom stereocenters. The molecule has 0 spiro atoms. The predicted molar refractivity (Wildman–Crippen MR) is 159 cm³/mol. The Morgan fingerprint density at radius 3 is 1.48 bits per heavy atom. The SMILES string of the molecule is Cc1c(Nc2nccc3cc(CO)cnc23)cccc1-c1cccc(Nc2nccc3cc(CO)cnc23)c1C. The number of fused-ring (bicyclic) bond motifs is 2. The highest BCUT2D eigenvalue weighted by molar-refractivity contribution is 5.92. The number of rotatable bonds is 7. The Bertz CT molecular complexity index is 1730. The molecule has 0 fully saturated rings. The molecular formula is C32H28N6O2. The van der Waals surface area contributed by atoms with Crippen LogP contribution in [0.1, 0.15) is 22.3 Å². The molecule has 4 heterocycles. The molecule has 198 valence electrons. The Morgan fingerprint density at radius 1 is 0.600 bits per heavy atom. The predicted octanol–water partition coefficient (Wildman–Crippen LogP) is 6.33. The zero-order valence-electron chi connectivity index (χ0n) is 22.2. The van der Waals surface area contributed by atoms with Crippen LogP contribution in [-0.2, 0) is 13.2 Å². The van der Waals surface area contributed by atoms with Gasteiger partial charge in [-0.1, -0.05) is 24.3 Å². The minimum absolute atomic E-state index is 0.0554. The van der Waals surface area contributed by atoms with Crippen molar-refractivity contribution in [2.75, 3.05) is 10.6 Å². The normalized spacial score (nSPS) is 11.2. The summed E-state index contributed by atoms with van der Waals surface area (Å²) in [4.78, 5) is 18.2. The third-order valence-electron chi connectivity index (χ3n) is 7.14. The van der Waals surface area contributed by atoms with Crippen LogP contribution in [0, 0.1) is 13.8 Å². The summed E-state index contributed by atoms with van der Waals surface area (Å²) in [5, 5.41) is 27.7. The van der Waals surface area contributed by atoms with Gasteiger partial charge in [0, 0.05) is 46.9 Å². The second-order valence-electron chi connectivity index (χ2n) is 9.67. The number of aromatic nitrogens is 4. The summed E-state index contributed by atoms with van der Waals surface area (Å²) in [6.45, 7) is 4.07. The van der Waals surface area contributed by atoms with Crippen molar-refractivity contribution in [1.29, 1.82) is 0 Å². The van der Waals surface area contributed by atoms with Gasteiger partial charge in [0.1, 0.15) is 11.0 Å². The fraction of sp³-hybridized carbons (Fsp3) is 0.125. The summed E-state index contributed by atoms with van der Waals surface area (Å²) in [6, 6.07) is 20.0. The summed E-state index contributed by atoms with van der Waals surface area (Å²) in [5.41, 5.74) is 9.23. The zero-order chi connectivity index (χ0) is 27.6. The molecule has 0 aliphatic rings. The lowest BCUT2D eigenvalue weighted by Crippen LogP contribution is -2.01. The lowest BCUT2D eigenvalue weighted by atomic mass is 9.94. The quantitative estimate of drug-likeness (QED) is 0.190. The van der Waals surface area contributed by atoms with Crippen molar-refractivity contribution in [2.24, 2.45) is 0 Å². The van der Waals surface area contributed by atoms with E-state index in [0.717, 1.165) is 66.6 Å². The number of aliphatic hydroxyl groups is 2. The maximum Gasteiger partial charge on any atom is 0.156 e. The highest BCUT2D eigenvalue weighted by Gasteiger charge is 2.14. The molecule has 40 heavy (non-hydrogen) atoms. The largest absolute Gasteiger partial charge is 0.392 e. The van der Waals surface area contributed by atoms with Gasteiger partial charge in [-0.15, -0.1) is 0 Å². The smallest absolute Gasteiger partial charge is 0.156 e. The highest BCUT2D eigenvalue weighted by Crippen LogP contribution is 2.36. The number of nitrogens with zero attached hydrogens (tertiary/aromatic N) is 4. The standard InChI is InChI=1S/C32H28N6O2/c1-19-25(5-3-7-27(19)37-31-29-23(9-11-33-31)13-21(17-39)15-35-29)26-6-4-8-28(20(26)2)38-32-30-24(10-12-34-32)14-22(18-40)16-36-30/h3-16,39-40H,17-18H2,1-2H3,(H,33,37)(H,34,38). The van der Waals surface area contributed by atoms with E-state index in [2.05, 4.69) is 56.5 Å². The number of hydrogen-bond donors (Lipinski definition) is 4. The van der Waals surface area contributed by atoms with Gasteiger partial charge in [-0.05, 0) is 83.6 Å². The number of aliphatic hydroxyl groups excluding tert-OH is 2. The molecule has 6 aromatic rings. The molecule has 8 nitrogen and oxygen atoms in total. The molecule has 4 aromatic heterocycles. The first-order valence-corrected chi connectivity index (χ1v) is 13.0. The first kappa shape index (κ1) is 25.4. The van der Waals surface area contributed by atoms with E-state index in [0.29, 0.717) is 11.6 Å². The molecule has 0 saturated carbocycles.